The molecular formula is C43H45ClN6O6. The van der Waals surface area contributed by atoms with E-state index in [2.05, 4.69) is 54.2 Å². The Balaban J connectivity index is 0.822. The number of carbonyl (C=O) groups is 5. The number of amides is 5. The Hall–Kier alpha value is -5.25. The van der Waals surface area contributed by atoms with Crippen molar-refractivity contribution < 1.29 is 28.7 Å². The number of benzene rings is 3. The van der Waals surface area contributed by atoms with E-state index in [4.69, 9.17) is 16.3 Å². The molecule has 0 aromatic heterocycles. The number of nitrogens with one attached hydrogen (secondary N) is 2. The summed E-state index contributed by atoms with van der Waals surface area (Å²) in [4.78, 5) is 69.9. The van der Waals surface area contributed by atoms with Crippen LogP contribution >= 0.6 is 11.6 Å². The van der Waals surface area contributed by atoms with Crippen molar-refractivity contribution in [3.05, 3.63) is 93.0 Å². The molecule has 3 aromatic carbocycles. The molecule has 1 saturated carbocycles. The second-order valence-electron chi connectivity index (χ2n) is 17.1. The molecular weight excluding hydrogens is 732 g/mol. The van der Waals surface area contributed by atoms with Crippen LogP contribution in [0, 0.1) is 28.1 Å². The largest absolute Gasteiger partial charge is 0.489 e. The first-order chi connectivity index (χ1) is 26.6. The van der Waals surface area contributed by atoms with Gasteiger partial charge in [0.2, 0.25) is 11.8 Å². The van der Waals surface area contributed by atoms with Crippen LogP contribution in [0.3, 0.4) is 0 Å². The summed E-state index contributed by atoms with van der Waals surface area (Å²) in [6.45, 7) is 12.5. The fourth-order valence-corrected chi connectivity index (χ4v) is 10.2. The van der Waals surface area contributed by atoms with Crippen LogP contribution in [0.25, 0.3) is 0 Å². The molecule has 56 heavy (non-hydrogen) atoms. The normalized spacial score (nSPS) is 24.2. The molecule has 4 heterocycles. The van der Waals surface area contributed by atoms with Gasteiger partial charge in [0.15, 0.2) is 0 Å². The van der Waals surface area contributed by atoms with Crippen LogP contribution in [0.1, 0.15) is 101 Å². The van der Waals surface area contributed by atoms with Gasteiger partial charge < -0.3 is 15.0 Å². The van der Waals surface area contributed by atoms with Gasteiger partial charge in [0.1, 0.15) is 24.0 Å². The Morgan fingerprint density at radius 3 is 2.11 bits per heavy atom. The first-order valence-corrected chi connectivity index (χ1v) is 19.7. The van der Waals surface area contributed by atoms with Crippen LogP contribution in [-0.4, -0.2) is 77.2 Å². The monoisotopic (exact) mass is 776 g/mol. The number of halogens is 1. The maximum Gasteiger partial charge on any atom is 0.262 e. The molecule has 8 rings (SSSR count). The molecule has 5 amide bonds. The summed E-state index contributed by atoms with van der Waals surface area (Å²) in [5.74, 6) is -0.974. The van der Waals surface area contributed by atoms with E-state index in [0.29, 0.717) is 52.0 Å². The molecule has 4 aliphatic heterocycles. The van der Waals surface area contributed by atoms with Crippen molar-refractivity contribution in [2.45, 2.75) is 84.7 Å². The molecule has 5 aliphatic rings. The number of nitrogens with zero attached hydrogens (tertiary/aromatic N) is 4. The van der Waals surface area contributed by atoms with E-state index in [1.165, 1.54) is 0 Å². The third-order valence-electron chi connectivity index (χ3n) is 12.6. The van der Waals surface area contributed by atoms with E-state index in [0.717, 1.165) is 54.2 Å². The highest BCUT2D eigenvalue weighted by atomic mass is 35.5. The van der Waals surface area contributed by atoms with Gasteiger partial charge in [-0.2, -0.15) is 5.26 Å². The van der Waals surface area contributed by atoms with Crippen molar-refractivity contribution in [1.29, 1.82) is 5.26 Å². The Labute approximate surface area is 331 Å². The molecule has 0 bridgehead atoms. The summed E-state index contributed by atoms with van der Waals surface area (Å²) in [6, 6.07) is 17.5. The minimum atomic E-state index is -0.966. The summed E-state index contributed by atoms with van der Waals surface area (Å²) in [7, 11) is 0. The molecule has 0 unspecified atom stereocenters. The SMILES string of the molecule is CC1(C)C(NC(=O)c2ccc(N3CCC(CN4Cc5cc6c(cc5C4)C(=O)N([C@@H]4CCC(=O)NC4=O)C6=O)CC3)cc2)C(C)(C)C1Oc1ccc(C#N)c(Cl)c1. The number of rotatable bonds is 8. The van der Waals surface area contributed by atoms with Crippen LogP contribution in [0.2, 0.25) is 5.02 Å². The highest BCUT2D eigenvalue weighted by Gasteiger charge is 2.64. The highest BCUT2D eigenvalue weighted by Crippen LogP contribution is 2.55. The number of hydrogen-bond donors (Lipinski definition) is 2. The van der Waals surface area contributed by atoms with E-state index in [1.807, 2.05) is 36.4 Å². The van der Waals surface area contributed by atoms with E-state index in [9.17, 15) is 29.2 Å². The number of hydrogen-bond acceptors (Lipinski definition) is 9. The number of ether oxygens (including phenoxy) is 1. The molecule has 3 aromatic rings. The molecule has 12 nitrogen and oxygen atoms in total. The van der Waals surface area contributed by atoms with Gasteiger partial charge in [-0.15, -0.1) is 0 Å². The summed E-state index contributed by atoms with van der Waals surface area (Å²) in [6.07, 6.45) is 2.09. The molecule has 1 aliphatic carbocycles. The third kappa shape index (κ3) is 6.50. The number of carbonyl (C=O) groups excluding carboxylic acids is 5. The van der Waals surface area contributed by atoms with E-state index >= 15 is 0 Å². The molecule has 0 spiro atoms. The second kappa shape index (κ2) is 14.0. The van der Waals surface area contributed by atoms with Crippen molar-refractivity contribution in [2.75, 3.05) is 24.5 Å². The van der Waals surface area contributed by atoms with Gasteiger partial charge in [0.05, 0.1) is 21.7 Å². The zero-order valence-electron chi connectivity index (χ0n) is 32.0. The lowest BCUT2D eigenvalue weighted by Gasteiger charge is -2.63. The second-order valence-corrected chi connectivity index (χ2v) is 17.5. The first kappa shape index (κ1) is 37.7. The average molecular weight is 777 g/mol. The number of imide groups is 2. The highest BCUT2D eigenvalue weighted by molar-refractivity contribution is 6.31. The molecule has 290 valence electrons. The van der Waals surface area contributed by atoms with Crippen molar-refractivity contribution >= 4 is 46.8 Å². The number of fused-ring (bicyclic) bond motifs is 2. The van der Waals surface area contributed by atoms with Gasteiger partial charge in [-0.25, -0.2) is 0 Å². The maximum absolute atomic E-state index is 13.5. The minimum absolute atomic E-state index is 0.0937. The van der Waals surface area contributed by atoms with Gasteiger partial charge in [-0.3, -0.25) is 39.1 Å². The van der Waals surface area contributed by atoms with Crippen LogP contribution in [-0.2, 0) is 22.7 Å². The Bertz CT molecular complexity index is 2140. The smallest absolute Gasteiger partial charge is 0.262 e. The van der Waals surface area contributed by atoms with E-state index in [1.54, 1.807) is 18.2 Å². The molecule has 2 saturated heterocycles. The fourth-order valence-electron chi connectivity index (χ4n) is 9.94. The summed E-state index contributed by atoms with van der Waals surface area (Å²) >= 11 is 6.25. The minimum Gasteiger partial charge on any atom is -0.489 e. The van der Waals surface area contributed by atoms with Gasteiger partial charge in [0, 0.05) is 73.3 Å². The van der Waals surface area contributed by atoms with Crippen molar-refractivity contribution in [3.8, 4) is 11.8 Å². The predicted molar refractivity (Wildman–Crippen MR) is 208 cm³/mol. The summed E-state index contributed by atoms with van der Waals surface area (Å²) < 4.78 is 6.37. The van der Waals surface area contributed by atoms with Crippen molar-refractivity contribution in [1.82, 2.24) is 20.4 Å². The van der Waals surface area contributed by atoms with Crippen LogP contribution < -0.4 is 20.3 Å². The van der Waals surface area contributed by atoms with Gasteiger partial charge in [-0.05, 0) is 84.8 Å². The molecule has 3 fully saturated rings. The van der Waals surface area contributed by atoms with Crippen molar-refractivity contribution in [3.63, 3.8) is 0 Å². The average Bonchev–Trinajstić information content (AvgIpc) is 3.67. The quantitative estimate of drug-likeness (QED) is 0.285. The van der Waals surface area contributed by atoms with Gasteiger partial charge >= 0.3 is 0 Å². The van der Waals surface area contributed by atoms with Crippen molar-refractivity contribution in [2.24, 2.45) is 16.7 Å². The lowest BCUT2D eigenvalue weighted by atomic mass is 9.49. The number of nitriles is 1. The predicted octanol–water partition coefficient (Wildman–Crippen LogP) is 5.46. The maximum atomic E-state index is 13.5. The summed E-state index contributed by atoms with van der Waals surface area (Å²) in [5, 5.41) is 15.1. The molecule has 0 radical (unpaired) electrons. The van der Waals surface area contributed by atoms with Gasteiger partial charge in [-0.1, -0.05) is 39.3 Å². The lowest BCUT2D eigenvalue weighted by Crippen LogP contribution is -2.74. The van der Waals surface area contributed by atoms with E-state index in [-0.39, 0.29) is 41.7 Å². The standard InChI is InChI=1S/C43H45ClN6O6/c1-42(2)40(43(3,4)41(42)56-30-10-7-26(20-45)33(44)19-30)47-36(52)25-5-8-29(9-6-25)49-15-13-24(14-16-49)21-48-22-27-17-31-32(18-28(27)23-48)39(55)50(38(31)54)34-11-12-35(51)46-37(34)53/h5-10,17-19,24,34,40-41H,11-16,21-23H2,1-4H3,(H,47,52)(H,46,51,53)/t34-,40?,41?/m1/s1. The molecule has 2 N–H and O–H groups in total. The molecule has 13 heteroatoms. The number of anilines is 1. The first-order valence-electron chi connectivity index (χ1n) is 19.3. The topological polar surface area (TPSA) is 152 Å². The number of piperidine rings is 2. The lowest BCUT2D eigenvalue weighted by molar-refractivity contribution is -0.164. The Kier molecular flexibility index (Phi) is 9.45. The Morgan fingerprint density at radius 1 is 0.911 bits per heavy atom. The zero-order valence-corrected chi connectivity index (χ0v) is 32.7. The van der Waals surface area contributed by atoms with Gasteiger partial charge in [0.25, 0.3) is 17.7 Å². The zero-order chi connectivity index (χ0) is 39.7. The third-order valence-corrected chi connectivity index (χ3v) is 12.9. The van der Waals surface area contributed by atoms with Crippen LogP contribution in [0.15, 0.2) is 54.6 Å². The fraction of sp³-hybridized carbons (Fsp3) is 0.442. The van der Waals surface area contributed by atoms with E-state index < -0.39 is 29.7 Å². The molecule has 1 atom stereocenters. The van der Waals surface area contributed by atoms with Crippen LogP contribution in [0.4, 0.5) is 5.69 Å². The summed E-state index contributed by atoms with van der Waals surface area (Å²) in [5.41, 5.74) is 4.09. The van der Waals surface area contributed by atoms with Crippen LogP contribution in [0.5, 0.6) is 5.75 Å². The Morgan fingerprint density at radius 2 is 1.54 bits per heavy atom.